The molecule has 0 fully saturated rings. The summed E-state index contributed by atoms with van der Waals surface area (Å²) in [6, 6.07) is 4.06. The highest BCUT2D eigenvalue weighted by Crippen LogP contribution is 2.29. The lowest BCUT2D eigenvalue weighted by Gasteiger charge is -2.24. The Morgan fingerprint density at radius 2 is 2.18 bits per heavy atom. The quantitative estimate of drug-likeness (QED) is 0.747. The van der Waals surface area contributed by atoms with Gasteiger partial charge in [0.25, 0.3) is 5.91 Å². The summed E-state index contributed by atoms with van der Waals surface area (Å²) in [7, 11) is 0. The van der Waals surface area contributed by atoms with E-state index in [0.29, 0.717) is 17.6 Å². The number of halogens is 2. The Balaban J connectivity index is 2.44. The van der Waals surface area contributed by atoms with Crippen LogP contribution in [0, 0.1) is 11.6 Å². The zero-order valence-corrected chi connectivity index (χ0v) is 9.13. The molecular formula is C12H10F2N2O. The Labute approximate surface area is 96.0 Å². The van der Waals surface area contributed by atoms with Gasteiger partial charge in [-0.2, -0.15) is 0 Å². The second kappa shape index (κ2) is 3.29. The molecule has 1 unspecified atom stereocenters. The van der Waals surface area contributed by atoms with Crippen LogP contribution in [0.3, 0.4) is 0 Å². The normalized spacial score (nSPS) is 19.2. The number of carbonyl (C=O) groups is 1. The number of carbonyl (C=O) groups excluding carboxylic acids is 1. The maximum absolute atomic E-state index is 13.8. The van der Waals surface area contributed by atoms with Gasteiger partial charge < -0.3 is 9.88 Å². The first-order chi connectivity index (χ1) is 8.09. The van der Waals surface area contributed by atoms with E-state index in [-0.39, 0.29) is 17.5 Å². The molecule has 1 aromatic carbocycles. The van der Waals surface area contributed by atoms with Crippen molar-refractivity contribution in [2.45, 2.75) is 13.0 Å². The Kier molecular flexibility index (Phi) is 1.98. The van der Waals surface area contributed by atoms with Gasteiger partial charge in [0.2, 0.25) is 0 Å². The molecule has 0 bridgehead atoms. The average molecular weight is 236 g/mol. The van der Waals surface area contributed by atoms with Gasteiger partial charge in [0.15, 0.2) is 11.6 Å². The summed E-state index contributed by atoms with van der Waals surface area (Å²) in [4.78, 5) is 11.6. The second-order valence-corrected chi connectivity index (χ2v) is 4.26. The molecule has 5 heteroatoms. The predicted octanol–water partition coefficient (Wildman–Crippen LogP) is 2.22. The SMILES string of the molecule is CC1CNC(=O)c2cc3ccc(F)c(F)c3n21. The lowest BCUT2D eigenvalue weighted by atomic mass is 10.2. The molecule has 1 atom stereocenters. The highest BCUT2D eigenvalue weighted by atomic mass is 19.2. The van der Waals surface area contributed by atoms with Crippen molar-refractivity contribution in [3.63, 3.8) is 0 Å². The summed E-state index contributed by atoms with van der Waals surface area (Å²) in [5.74, 6) is -2.04. The number of fused-ring (bicyclic) bond motifs is 3. The van der Waals surface area contributed by atoms with Gasteiger partial charge in [-0.1, -0.05) is 0 Å². The van der Waals surface area contributed by atoms with Crippen LogP contribution in [0.15, 0.2) is 18.2 Å². The fraction of sp³-hybridized carbons (Fsp3) is 0.250. The molecule has 1 amide bonds. The van der Waals surface area contributed by atoms with E-state index in [1.165, 1.54) is 6.07 Å². The molecule has 0 radical (unpaired) electrons. The summed E-state index contributed by atoms with van der Waals surface area (Å²) in [6.07, 6.45) is 0. The van der Waals surface area contributed by atoms with Gasteiger partial charge in [0, 0.05) is 18.0 Å². The Morgan fingerprint density at radius 1 is 1.41 bits per heavy atom. The van der Waals surface area contributed by atoms with Gasteiger partial charge in [0.05, 0.1) is 5.52 Å². The fourth-order valence-corrected chi connectivity index (χ4v) is 2.31. The molecule has 3 nitrogen and oxygen atoms in total. The smallest absolute Gasteiger partial charge is 0.268 e. The number of nitrogens with zero attached hydrogens (tertiary/aromatic N) is 1. The number of benzene rings is 1. The standard InChI is InChI=1S/C12H10F2N2O/c1-6-5-15-12(17)9-4-7-2-3-8(13)10(14)11(7)16(6)9/h2-4,6H,5H2,1H3,(H,15,17). The lowest BCUT2D eigenvalue weighted by Crippen LogP contribution is -2.37. The molecule has 0 spiro atoms. The van der Waals surface area contributed by atoms with Crippen molar-refractivity contribution in [3.8, 4) is 0 Å². The third-order valence-electron chi connectivity index (χ3n) is 3.12. The minimum Gasteiger partial charge on any atom is -0.349 e. The molecule has 2 heterocycles. The minimum absolute atomic E-state index is 0.0866. The van der Waals surface area contributed by atoms with Crippen molar-refractivity contribution in [3.05, 3.63) is 35.5 Å². The van der Waals surface area contributed by atoms with Crippen molar-refractivity contribution in [2.24, 2.45) is 0 Å². The third kappa shape index (κ3) is 1.28. The molecule has 3 rings (SSSR count). The highest BCUT2D eigenvalue weighted by molar-refractivity contribution is 5.99. The monoisotopic (exact) mass is 236 g/mol. The van der Waals surface area contributed by atoms with Gasteiger partial charge in [-0.15, -0.1) is 0 Å². The lowest BCUT2D eigenvalue weighted by molar-refractivity contribution is 0.0919. The molecule has 1 N–H and O–H groups in total. The number of hydrogen-bond acceptors (Lipinski definition) is 1. The van der Waals surface area contributed by atoms with E-state index in [2.05, 4.69) is 5.32 Å². The van der Waals surface area contributed by atoms with Crippen LogP contribution < -0.4 is 5.32 Å². The van der Waals surface area contributed by atoms with Crippen LogP contribution >= 0.6 is 0 Å². The van der Waals surface area contributed by atoms with Gasteiger partial charge >= 0.3 is 0 Å². The van der Waals surface area contributed by atoms with Crippen LogP contribution in [-0.2, 0) is 0 Å². The minimum atomic E-state index is -0.893. The van der Waals surface area contributed by atoms with Crippen LogP contribution in [0.2, 0.25) is 0 Å². The van der Waals surface area contributed by atoms with Crippen LogP contribution in [0.1, 0.15) is 23.5 Å². The summed E-state index contributed by atoms with van der Waals surface area (Å²) >= 11 is 0. The van der Waals surface area contributed by atoms with Crippen molar-refractivity contribution >= 4 is 16.8 Å². The third-order valence-corrected chi connectivity index (χ3v) is 3.12. The number of amides is 1. The number of rotatable bonds is 0. The van der Waals surface area contributed by atoms with Crippen LogP contribution in [-0.4, -0.2) is 17.0 Å². The van der Waals surface area contributed by atoms with Crippen LogP contribution in [0.5, 0.6) is 0 Å². The van der Waals surface area contributed by atoms with Crippen LogP contribution in [0.4, 0.5) is 8.78 Å². The van der Waals surface area contributed by atoms with E-state index in [4.69, 9.17) is 0 Å². The first-order valence-electron chi connectivity index (χ1n) is 5.36. The number of aromatic nitrogens is 1. The zero-order chi connectivity index (χ0) is 12.2. The zero-order valence-electron chi connectivity index (χ0n) is 9.13. The summed E-state index contributed by atoms with van der Waals surface area (Å²) < 4.78 is 28.6. The second-order valence-electron chi connectivity index (χ2n) is 4.26. The maximum atomic E-state index is 13.8. The first kappa shape index (κ1) is 10.3. The number of nitrogens with one attached hydrogen (secondary N) is 1. The van der Waals surface area contributed by atoms with Gasteiger partial charge in [-0.05, 0) is 25.1 Å². The molecule has 1 aliphatic heterocycles. The van der Waals surface area contributed by atoms with Crippen molar-refractivity contribution < 1.29 is 13.6 Å². The molecule has 2 aromatic rings. The molecule has 1 aliphatic rings. The van der Waals surface area contributed by atoms with Crippen molar-refractivity contribution in [1.82, 2.24) is 9.88 Å². The van der Waals surface area contributed by atoms with E-state index in [1.54, 1.807) is 10.6 Å². The average Bonchev–Trinajstić information content (AvgIpc) is 2.70. The summed E-state index contributed by atoms with van der Waals surface area (Å²) in [5, 5.41) is 3.25. The van der Waals surface area contributed by atoms with Gasteiger partial charge in [-0.3, -0.25) is 4.79 Å². The molecule has 0 saturated carbocycles. The fourth-order valence-electron chi connectivity index (χ4n) is 2.31. The Morgan fingerprint density at radius 3 is 2.94 bits per heavy atom. The molecule has 1 aromatic heterocycles. The largest absolute Gasteiger partial charge is 0.349 e. The topological polar surface area (TPSA) is 34.0 Å². The van der Waals surface area contributed by atoms with E-state index < -0.39 is 11.6 Å². The summed E-state index contributed by atoms with van der Waals surface area (Å²) in [5.41, 5.74) is 0.547. The highest BCUT2D eigenvalue weighted by Gasteiger charge is 2.26. The van der Waals surface area contributed by atoms with E-state index in [0.717, 1.165) is 6.07 Å². The summed E-state index contributed by atoms with van der Waals surface area (Å²) in [6.45, 7) is 2.28. The Bertz CT molecular complexity index is 633. The molecule has 17 heavy (non-hydrogen) atoms. The first-order valence-corrected chi connectivity index (χ1v) is 5.36. The van der Waals surface area contributed by atoms with Gasteiger partial charge in [0.1, 0.15) is 5.69 Å². The molecule has 88 valence electrons. The predicted molar refractivity (Wildman–Crippen MR) is 58.9 cm³/mol. The molecule has 0 saturated heterocycles. The van der Waals surface area contributed by atoms with Gasteiger partial charge in [-0.25, -0.2) is 8.78 Å². The Hall–Kier alpha value is -1.91. The molecule has 0 aliphatic carbocycles. The molecular weight excluding hydrogens is 226 g/mol. The van der Waals surface area contributed by atoms with Crippen molar-refractivity contribution in [1.29, 1.82) is 0 Å². The van der Waals surface area contributed by atoms with E-state index >= 15 is 0 Å². The van der Waals surface area contributed by atoms with E-state index in [9.17, 15) is 13.6 Å². The van der Waals surface area contributed by atoms with Crippen LogP contribution in [0.25, 0.3) is 10.9 Å². The van der Waals surface area contributed by atoms with E-state index in [1.807, 2.05) is 6.92 Å². The number of hydrogen-bond donors (Lipinski definition) is 1. The maximum Gasteiger partial charge on any atom is 0.268 e. The van der Waals surface area contributed by atoms with Crippen molar-refractivity contribution in [2.75, 3.05) is 6.54 Å².